The van der Waals surface area contributed by atoms with Crippen molar-refractivity contribution < 1.29 is 4.74 Å². The second kappa shape index (κ2) is 7.86. The molecule has 3 heterocycles. The summed E-state index contributed by atoms with van der Waals surface area (Å²) >= 11 is 0. The Kier molecular flexibility index (Phi) is 5.59. The van der Waals surface area contributed by atoms with Gasteiger partial charge in [-0.3, -0.25) is 4.90 Å². The van der Waals surface area contributed by atoms with E-state index in [1.165, 1.54) is 0 Å². The van der Waals surface area contributed by atoms with E-state index < -0.39 is 0 Å². The summed E-state index contributed by atoms with van der Waals surface area (Å²) in [5, 5.41) is 0. The first-order valence-corrected chi connectivity index (χ1v) is 8.48. The molecule has 6 heteroatoms. The minimum Gasteiger partial charge on any atom is -0.385 e. The number of piperazine rings is 1. The third-order valence-electron chi connectivity index (χ3n) is 4.57. The minimum atomic E-state index is 0.773. The van der Waals surface area contributed by atoms with Gasteiger partial charge < -0.3 is 14.2 Å². The van der Waals surface area contributed by atoms with Crippen LogP contribution in [0, 0.1) is 0 Å². The molecule has 1 saturated heterocycles. The number of rotatable bonds is 7. The van der Waals surface area contributed by atoms with Gasteiger partial charge >= 0.3 is 0 Å². The molecule has 0 radical (unpaired) electrons. The first-order chi connectivity index (χ1) is 11.3. The predicted octanol–water partition coefficient (Wildman–Crippen LogP) is 1.26. The number of pyridine rings is 1. The smallest absolute Gasteiger partial charge is 0.160 e. The Balaban J connectivity index is 1.70. The summed E-state index contributed by atoms with van der Waals surface area (Å²) in [5.74, 6) is 1.13. The number of nitrogens with zero attached hydrogens (tertiary/aromatic N) is 5. The van der Waals surface area contributed by atoms with Crippen LogP contribution < -0.4 is 0 Å². The summed E-state index contributed by atoms with van der Waals surface area (Å²) in [5.41, 5.74) is 2.01. The van der Waals surface area contributed by atoms with Gasteiger partial charge in [-0.2, -0.15) is 0 Å². The maximum Gasteiger partial charge on any atom is 0.160 e. The minimum absolute atomic E-state index is 0.773. The third-order valence-corrected chi connectivity index (χ3v) is 4.57. The molecule has 1 aliphatic rings. The Morgan fingerprint density at radius 2 is 2.00 bits per heavy atom. The number of fused-ring (bicyclic) bond motifs is 1. The van der Waals surface area contributed by atoms with E-state index in [0.29, 0.717) is 0 Å². The summed E-state index contributed by atoms with van der Waals surface area (Å²) in [4.78, 5) is 14.3. The number of aromatic nitrogens is 3. The molecule has 3 rings (SSSR count). The van der Waals surface area contributed by atoms with E-state index in [-0.39, 0.29) is 0 Å². The molecule has 0 amide bonds. The number of methoxy groups -OCH3 is 1. The van der Waals surface area contributed by atoms with E-state index in [1.807, 2.05) is 12.3 Å². The number of hydrogen-bond acceptors (Lipinski definition) is 5. The number of aryl methyl sites for hydroxylation is 1. The number of imidazole rings is 1. The largest absolute Gasteiger partial charge is 0.385 e. The van der Waals surface area contributed by atoms with E-state index in [2.05, 4.69) is 32.5 Å². The van der Waals surface area contributed by atoms with Gasteiger partial charge in [0.1, 0.15) is 11.3 Å². The lowest BCUT2D eigenvalue weighted by molar-refractivity contribution is 0.150. The Bertz CT molecular complexity index is 618. The van der Waals surface area contributed by atoms with Crippen molar-refractivity contribution in [1.29, 1.82) is 0 Å². The van der Waals surface area contributed by atoms with E-state index in [0.717, 1.165) is 75.7 Å². The topological polar surface area (TPSA) is 46.4 Å². The molecule has 0 bridgehead atoms. The van der Waals surface area contributed by atoms with Gasteiger partial charge in [-0.1, -0.05) is 0 Å². The fraction of sp³-hybridized carbons (Fsp3) is 0.647. The lowest BCUT2D eigenvalue weighted by atomic mass is 10.3. The highest BCUT2D eigenvalue weighted by molar-refractivity contribution is 5.71. The van der Waals surface area contributed by atoms with E-state index in [1.54, 1.807) is 7.11 Å². The maximum absolute atomic E-state index is 5.18. The van der Waals surface area contributed by atoms with Crippen LogP contribution in [0.1, 0.15) is 12.2 Å². The molecule has 0 unspecified atom stereocenters. The standard InChI is InChI=1S/C17H27N5O/c1-20-8-10-21(11-9-20)12-13-22-16(6-4-14-23-2)19-15-5-3-7-18-17(15)22/h3,5,7H,4,6,8-14H2,1-2H3. The van der Waals surface area contributed by atoms with Crippen LogP contribution >= 0.6 is 0 Å². The molecule has 0 atom stereocenters. The SMILES string of the molecule is COCCCc1nc2cccnc2n1CCN1CCN(C)CC1. The number of ether oxygens (including phenoxy) is 1. The maximum atomic E-state index is 5.18. The first kappa shape index (κ1) is 16.4. The molecule has 23 heavy (non-hydrogen) atoms. The molecule has 6 nitrogen and oxygen atoms in total. The molecule has 0 N–H and O–H groups in total. The van der Waals surface area contributed by atoms with Crippen molar-refractivity contribution in [2.75, 3.05) is 53.5 Å². The van der Waals surface area contributed by atoms with Crippen molar-refractivity contribution in [3.05, 3.63) is 24.2 Å². The first-order valence-electron chi connectivity index (χ1n) is 8.48. The van der Waals surface area contributed by atoms with Gasteiger partial charge in [-0.15, -0.1) is 0 Å². The number of likely N-dealkylation sites (N-methyl/N-ethyl adjacent to an activating group) is 1. The summed E-state index contributed by atoms with van der Waals surface area (Å²) in [7, 11) is 3.94. The lowest BCUT2D eigenvalue weighted by Gasteiger charge is -2.32. The monoisotopic (exact) mass is 317 g/mol. The van der Waals surface area contributed by atoms with Crippen LogP contribution in [0.3, 0.4) is 0 Å². The van der Waals surface area contributed by atoms with Gasteiger partial charge in [-0.05, 0) is 25.6 Å². The Hall–Kier alpha value is -1.50. The zero-order valence-electron chi connectivity index (χ0n) is 14.2. The summed E-state index contributed by atoms with van der Waals surface area (Å²) in [6.45, 7) is 7.40. The normalized spacial score (nSPS) is 17.1. The molecule has 0 aromatic carbocycles. The van der Waals surface area contributed by atoms with Gasteiger partial charge in [0.2, 0.25) is 0 Å². The number of hydrogen-bond donors (Lipinski definition) is 0. The zero-order valence-corrected chi connectivity index (χ0v) is 14.2. The molecule has 126 valence electrons. The molecule has 1 fully saturated rings. The quantitative estimate of drug-likeness (QED) is 0.720. The van der Waals surface area contributed by atoms with Gasteiger partial charge in [0.05, 0.1) is 0 Å². The highest BCUT2D eigenvalue weighted by Gasteiger charge is 2.16. The third kappa shape index (κ3) is 4.07. The van der Waals surface area contributed by atoms with Crippen molar-refractivity contribution in [3.8, 4) is 0 Å². The Labute approximate surface area is 138 Å². The molecule has 2 aromatic rings. The van der Waals surface area contributed by atoms with Crippen LogP contribution in [0.25, 0.3) is 11.2 Å². The molecule has 0 aliphatic carbocycles. The van der Waals surface area contributed by atoms with E-state index in [4.69, 9.17) is 9.72 Å². The predicted molar refractivity (Wildman–Crippen MR) is 91.7 cm³/mol. The average Bonchev–Trinajstić information content (AvgIpc) is 2.92. The van der Waals surface area contributed by atoms with Crippen molar-refractivity contribution >= 4 is 11.2 Å². The van der Waals surface area contributed by atoms with Crippen LogP contribution in [-0.4, -0.2) is 77.8 Å². The molecular formula is C17H27N5O. The van der Waals surface area contributed by atoms with Gasteiger partial charge in [0.25, 0.3) is 0 Å². The van der Waals surface area contributed by atoms with Crippen LogP contribution in [0.15, 0.2) is 18.3 Å². The highest BCUT2D eigenvalue weighted by atomic mass is 16.5. The van der Waals surface area contributed by atoms with Crippen molar-refractivity contribution in [1.82, 2.24) is 24.3 Å². The summed E-state index contributed by atoms with van der Waals surface area (Å²) in [6.07, 6.45) is 3.79. The molecule has 0 saturated carbocycles. The fourth-order valence-electron chi connectivity index (χ4n) is 3.12. The van der Waals surface area contributed by atoms with Crippen molar-refractivity contribution in [2.45, 2.75) is 19.4 Å². The summed E-state index contributed by atoms with van der Waals surface area (Å²) < 4.78 is 7.47. The van der Waals surface area contributed by atoms with E-state index >= 15 is 0 Å². The van der Waals surface area contributed by atoms with Gasteiger partial charge in [0, 0.05) is 65.6 Å². The lowest BCUT2D eigenvalue weighted by Crippen LogP contribution is -2.45. The Morgan fingerprint density at radius 3 is 2.78 bits per heavy atom. The van der Waals surface area contributed by atoms with Crippen molar-refractivity contribution in [2.24, 2.45) is 0 Å². The fourth-order valence-corrected chi connectivity index (χ4v) is 3.12. The van der Waals surface area contributed by atoms with Crippen LogP contribution in [-0.2, 0) is 17.7 Å². The van der Waals surface area contributed by atoms with Gasteiger partial charge in [0.15, 0.2) is 5.65 Å². The summed E-state index contributed by atoms with van der Waals surface area (Å²) in [6, 6.07) is 4.01. The van der Waals surface area contributed by atoms with Crippen molar-refractivity contribution in [3.63, 3.8) is 0 Å². The highest BCUT2D eigenvalue weighted by Crippen LogP contribution is 2.15. The molecule has 0 spiro atoms. The molecule has 1 aliphatic heterocycles. The average molecular weight is 317 g/mol. The van der Waals surface area contributed by atoms with E-state index in [9.17, 15) is 0 Å². The second-order valence-electron chi connectivity index (χ2n) is 6.27. The molecular weight excluding hydrogens is 290 g/mol. The molecule has 2 aromatic heterocycles. The Morgan fingerprint density at radius 1 is 1.17 bits per heavy atom. The van der Waals surface area contributed by atoms with Gasteiger partial charge in [-0.25, -0.2) is 9.97 Å². The van der Waals surface area contributed by atoms with Crippen LogP contribution in [0.5, 0.6) is 0 Å². The van der Waals surface area contributed by atoms with Crippen LogP contribution in [0.2, 0.25) is 0 Å². The van der Waals surface area contributed by atoms with Crippen LogP contribution in [0.4, 0.5) is 0 Å². The second-order valence-corrected chi connectivity index (χ2v) is 6.27. The zero-order chi connectivity index (χ0) is 16.1.